The molecule has 3 rings (SSSR count). The Hall–Kier alpha value is -1.86. The summed E-state index contributed by atoms with van der Waals surface area (Å²) < 4.78 is 40.3. The van der Waals surface area contributed by atoms with Crippen LogP contribution in [0.2, 0.25) is 0 Å². The first-order chi connectivity index (χ1) is 12.8. The average Bonchev–Trinajstić information content (AvgIpc) is 3.04. The second-order valence-corrected chi connectivity index (χ2v) is 7.54. The summed E-state index contributed by atoms with van der Waals surface area (Å²) in [5.41, 5.74) is 0.868. The van der Waals surface area contributed by atoms with E-state index in [2.05, 4.69) is 21.2 Å². The van der Waals surface area contributed by atoms with Crippen molar-refractivity contribution >= 4 is 21.8 Å². The lowest BCUT2D eigenvalue weighted by Gasteiger charge is -2.26. The minimum atomic E-state index is -4.39. The Labute approximate surface area is 164 Å². The van der Waals surface area contributed by atoms with E-state index in [4.69, 9.17) is 0 Å². The Kier molecular flexibility index (Phi) is 6.22. The molecule has 2 aromatic carbocycles. The number of nitrogens with one attached hydrogen (secondary N) is 1. The second kappa shape index (κ2) is 8.44. The van der Waals surface area contributed by atoms with Gasteiger partial charge in [0.05, 0.1) is 11.6 Å². The van der Waals surface area contributed by atoms with Crippen molar-refractivity contribution in [1.82, 2.24) is 10.2 Å². The van der Waals surface area contributed by atoms with Gasteiger partial charge in [0.1, 0.15) is 0 Å². The molecule has 1 heterocycles. The fourth-order valence-corrected chi connectivity index (χ4v) is 3.44. The predicted molar refractivity (Wildman–Crippen MR) is 101 cm³/mol. The lowest BCUT2D eigenvalue weighted by molar-refractivity contribution is -0.137. The van der Waals surface area contributed by atoms with Crippen LogP contribution in [0.4, 0.5) is 13.2 Å². The van der Waals surface area contributed by atoms with Gasteiger partial charge in [-0.25, -0.2) is 0 Å². The van der Waals surface area contributed by atoms with Gasteiger partial charge < -0.3 is 10.2 Å². The zero-order chi connectivity index (χ0) is 19.4. The van der Waals surface area contributed by atoms with Crippen molar-refractivity contribution in [1.29, 1.82) is 0 Å². The molecule has 1 aliphatic rings. The normalized spacial score (nSPS) is 16.0. The molecular formula is C20H20BrF3N2O. The number of carbonyl (C=O) groups excluding carboxylic acids is 1. The van der Waals surface area contributed by atoms with Crippen LogP contribution in [0.15, 0.2) is 53.0 Å². The van der Waals surface area contributed by atoms with Crippen molar-refractivity contribution in [2.24, 2.45) is 0 Å². The molecule has 2 aromatic rings. The van der Waals surface area contributed by atoms with E-state index >= 15 is 0 Å². The second-order valence-electron chi connectivity index (χ2n) is 6.63. The Bertz CT molecular complexity index is 793. The fourth-order valence-electron chi connectivity index (χ4n) is 3.18. The summed E-state index contributed by atoms with van der Waals surface area (Å²) in [6.45, 7) is 1.50. The minimum Gasteiger partial charge on any atom is -0.341 e. The lowest BCUT2D eigenvalue weighted by atomic mass is 10.0. The molecule has 1 atom stereocenters. The third-order valence-electron chi connectivity index (χ3n) is 4.66. The topological polar surface area (TPSA) is 32.3 Å². The highest BCUT2D eigenvalue weighted by Gasteiger charge is 2.31. The minimum absolute atomic E-state index is 0.0532. The Morgan fingerprint density at radius 2 is 1.89 bits per heavy atom. The van der Waals surface area contributed by atoms with Crippen LogP contribution >= 0.6 is 15.9 Å². The largest absolute Gasteiger partial charge is 0.416 e. The van der Waals surface area contributed by atoms with Gasteiger partial charge in [0, 0.05) is 30.5 Å². The Morgan fingerprint density at radius 3 is 2.52 bits per heavy atom. The summed E-state index contributed by atoms with van der Waals surface area (Å²) in [5.74, 6) is 0.0532. The number of benzene rings is 2. The first-order valence-corrected chi connectivity index (χ1v) is 9.55. The van der Waals surface area contributed by atoms with Crippen molar-refractivity contribution < 1.29 is 18.0 Å². The molecule has 1 fully saturated rings. The molecule has 0 spiro atoms. The molecule has 1 amide bonds. The number of rotatable bonds is 6. The maximum absolute atomic E-state index is 13.1. The summed E-state index contributed by atoms with van der Waals surface area (Å²) in [7, 11) is 0. The number of carbonyl (C=O) groups is 1. The molecule has 7 heteroatoms. The molecule has 0 saturated carbocycles. The zero-order valence-electron chi connectivity index (χ0n) is 14.6. The monoisotopic (exact) mass is 440 g/mol. The van der Waals surface area contributed by atoms with Crippen LogP contribution in [0.3, 0.4) is 0 Å². The number of amides is 1. The quantitative estimate of drug-likeness (QED) is 0.690. The maximum atomic E-state index is 13.1. The van der Waals surface area contributed by atoms with Gasteiger partial charge in [0.2, 0.25) is 5.91 Å². The molecule has 1 unspecified atom stereocenters. The molecule has 1 aliphatic heterocycles. The molecule has 144 valence electrons. The molecule has 1 N–H and O–H groups in total. The van der Waals surface area contributed by atoms with Crippen molar-refractivity contribution in [3.05, 3.63) is 69.7 Å². The Morgan fingerprint density at radius 1 is 1.15 bits per heavy atom. The molecule has 0 aliphatic carbocycles. The maximum Gasteiger partial charge on any atom is 0.416 e. The van der Waals surface area contributed by atoms with Crippen molar-refractivity contribution in [2.45, 2.75) is 31.6 Å². The SMILES string of the molecule is O=C1CCCN1CC(NCc1ccc(Br)cc1)c1cccc(C(F)(F)F)c1. The number of hydrogen-bond donors (Lipinski definition) is 1. The van der Waals surface area contributed by atoms with Gasteiger partial charge in [-0.2, -0.15) is 13.2 Å². The van der Waals surface area contributed by atoms with Crippen LogP contribution in [-0.4, -0.2) is 23.9 Å². The van der Waals surface area contributed by atoms with E-state index < -0.39 is 11.7 Å². The summed E-state index contributed by atoms with van der Waals surface area (Å²) in [6.07, 6.45) is -3.10. The van der Waals surface area contributed by atoms with Crippen LogP contribution in [0, 0.1) is 0 Å². The van der Waals surface area contributed by atoms with Crippen molar-refractivity contribution in [3.63, 3.8) is 0 Å². The van der Waals surface area contributed by atoms with Gasteiger partial charge >= 0.3 is 6.18 Å². The highest BCUT2D eigenvalue weighted by Crippen LogP contribution is 2.31. The highest BCUT2D eigenvalue weighted by atomic mass is 79.9. The average molecular weight is 441 g/mol. The van der Waals surface area contributed by atoms with Crippen LogP contribution in [-0.2, 0) is 17.5 Å². The number of halogens is 4. The summed E-state index contributed by atoms with van der Waals surface area (Å²) >= 11 is 3.38. The van der Waals surface area contributed by atoms with Crippen molar-refractivity contribution in [3.8, 4) is 0 Å². The first kappa shape index (κ1) is 19.9. The van der Waals surface area contributed by atoms with Gasteiger partial charge in [0.15, 0.2) is 0 Å². The van der Waals surface area contributed by atoms with E-state index in [0.717, 1.165) is 22.5 Å². The summed E-state index contributed by atoms with van der Waals surface area (Å²) in [6, 6.07) is 12.7. The lowest BCUT2D eigenvalue weighted by Crippen LogP contribution is -2.36. The summed E-state index contributed by atoms with van der Waals surface area (Å²) in [4.78, 5) is 13.7. The standard InChI is InChI=1S/C20H20BrF3N2O/c21-17-8-6-14(7-9-17)12-25-18(13-26-10-2-5-19(26)27)15-3-1-4-16(11-15)20(22,23)24/h1,3-4,6-9,11,18,25H,2,5,10,12-13H2. The van der Waals surface area contributed by atoms with E-state index in [1.165, 1.54) is 12.1 Å². The highest BCUT2D eigenvalue weighted by molar-refractivity contribution is 9.10. The molecule has 0 aromatic heterocycles. The van der Waals surface area contributed by atoms with Gasteiger partial charge in [-0.05, 0) is 41.8 Å². The number of nitrogens with zero attached hydrogens (tertiary/aromatic N) is 1. The molecule has 0 bridgehead atoms. The summed E-state index contributed by atoms with van der Waals surface area (Å²) in [5, 5.41) is 3.32. The van der Waals surface area contributed by atoms with Crippen LogP contribution < -0.4 is 5.32 Å². The predicted octanol–water partition coefficient (Wildman–Crippen LogP) is 4.92. The van der Waals surface area contributed by atoms with E-state index in [1.54, 1.807) is 11.0 Å². The third-order valence-corrected chi connectivity index (χ3v) is 5.19. The van der Waals surface area contributed by atoms with Gasteiger partial charge in [0.25, 0.3) is 0 Å². The first-order valence-electron chi connectivity index (χ1n) is 8.76. The molecule has 1 saturated heterocycles. The van der Waals surface area contributed by atoms with E-state index in [0.29, 0.717) is 31.6 Å². The number of hydrogen-bond acceptors (Lipinski definition) is 2. The molecule has 0 radical (unpaired) electrons. The van der Waals surface area contributed by atoms with Gasteiger partial charge in [-0.1, -0.05) is 40.2 Å². The smallest absolute Gasteiger partial charge is 0.341 e. The number of likely N-dealkylation sites (tertiary alicyclic amines) is 1. The van der Waals surface area contributed by atoms with Crippen LogP contribution in [0.25, 0.3) is 0 Å². The molecule has 3 nitrogen and oxygen atoms in total. The zero-order valence-corrected chi connectivity index (χ0v) is 16.2. The van der Waals surface area contributed by atoms with Gasteiger partial charge in [-0.3, -0.25) is 4.79 Å². The molecule has 27 heavy (non-hydrogen) atoms. The fraction of sp³-hybridized carbons (Fsp3) is 0.350. The Balaban J connectivity index is 1.80. The van der Waals surface area contributed by atoms with Gasteiger partial charge in [-0.15, -0.1) is 0 Å². The van der Waals surface area contributed by atoms with Crippen molar-refractivity contribution in [2.75, 3.05) is 13.1 Å². The third kappa shape index (κ3) is 5.32. The van der Waals surface area contributed by atoms with E-state index in [1.807, 2.05) is 24.3 Å². The number of alkyl halides is 3. The van der Waals surface area contributed by atoms with E-state index in [9.17, 15) is 18.0 Å². The van der Waals surface area contributed by atoms with E-state index in [-0.39, 0.29) is 11.9 Å². The molecular weight excluding hydrogens is 421 g/mol. The van der Waals surface area contributed by atoms with Crippen LogP contribution in [0.5, 0.6) is 0 Å². The van der Waals surface area contributed by atoms with Crippen LogP contribution in [0.1, 0.15) is 35.6 Å².